The van der Waals surface area contributed by atoms with E-state index in [2.05, 4.69) is 15.9 Å². The number of esters is 1. The summed E-state index contributed by atoms with van der Waals surface area (Å²) in [7, 11) is 0. The Morgan fingerprint density at radius 3 is 2.38 bits per heavy atom. The Hall–Kier alpha value is -1.82. The van der Waals surface area contributed by atoms with Gasteiger partial charge in [-0.05, 0) is 23.8 Å². The Labute approximate surface area is 127 Å². The molecule has 0 unspecified atom stereocenters. The SMILES string of the molecule is O=C(OCc1ccccc1)c1cc(Br)cc(C(F)(F)F)c1. The molecule has 0 saturated heterocycles. The van der Waals surface area contributed by atoms with E-state index in [1.807, 2.05) is 6.07 Å². The standard InChI is InChI=1S/C15H10BrF3O2/c16-13-7-11(6-12(8-13)15(17,18)19)14(20)21-9-10-4-2-1-3-5-10/h1-8H,9H2. The summed E-state index contributed by atoms with van der Waals surface area (Å²) in [4.78, 5) is 11.8. The van der Waals surface area contributed by atoms with Crippen LogP contribution >= 0.6 is 15.9 Å². The topological polar surface area (TPSA) is 26.3 Å². The highest BCUT2D eigenvalue weighted by atomic mass is 79.9. The predicted octanol–water partition coefficient (Wildman–Crippen LogP) is 4.82. The summed E-state index contributed by atoms with van der Waals surface area (Å²) in [6.07, 6.45) is -4.52. The Kier molecular flexibility index (Phi) is 4.67. The van der Waals surface area contributed by atoms with E-state index in [9.17, 15) is 18.0 Å². The normalized spacial score (nSPS) is 11.2. The largest absolute Gasteiger partial charge is 0.457 e. The molecular weight excluding hydrogens is 349 g/mol. The number of benzene rings is 2. The van der Waals surface area contributed by atoms with E-state index in [4.69, 9.17) is 4.74 Å². The summed E-state index contributed by atoms with van der Waals surface area (Å²) < 4.78 is 43.2. The number of hydrogen-bond acceptors (Lipinski definition) is 2. The third kappa shape index (κ3) is 4.32. The molecule has 2 nitrogen and oxygen atoms in total. The quantitative estimate of drug-likeness (QED) is 0.735. The lowest BCUT2D eigenvalue weighted by atomic mass is 10.1. The third-order valence-electron chi connectivity index (χ3n) is 2.67. The van der Waals surface area contributed by atoms with E-state index in [1.165, 1.54) is 6.07 Å². The van der Waals surface area contributed by atoms with Gasteiger partial charge in [0.05, 0.1) is 11.1 Å². The summed E-state index contributed by atoms with van der Waals surface area (Å²) in [5.41, 5.74) is -0.284. The summed E-state index contributed by atoms with van der Waals surface area (Å²) >= 11 is 2.96. The molecule has 0 spiro atoms. The van der Waals surface area contributed by atoms with Crippen LogP contribution in [0.3, 0.4) is 0 Å². The smallest absolute Gasteiger partial charge is 0.416 e. The van der Waals surface area contributed by atoms with Gasteiger partial charge in [-0.1, -0.05) is 46.3 Å². The van der Waals surface area contributed by atoms with Gasteiger partial charge >= 0.3 is 12.1 Å². The highest BCUT2D eigenvalue weighted by molar-refractivity contribution is 9.10. The number of carbonyl (C=O) groups is 1. The predicted molar refractivity (Wildman–Crippen MR) is 74.7 cm³/mol. The van der Waals surface area contributed by atoms with Gasteiger partial charge in [-0.25, -0.2) is 4.79 Å². The molecule has 0 aromatic heterocycles. The molecule has 110 valence electrons. The van der Waals surface area contributed by atoms with Crippen LogP contribution in [0.1, 0.15) is 21.5 Å². The monoisotopic (exact) mass is 358 g/mol. The molecule has 2 rings (SSSR count). The molecule has 0 amide bonds. The number of hydrogen-bond donors (Lipinski definition) is 0. The van der Waals surface area contributed by atoms with Gasteiger partial charge in [-0.3, -0.25) is 0 Å². The van der Waals surface area contributed by atoms with Crippen LogP contribution in [0.15, 0.2) is 53.0 Å². The maximum absolute atomic E-state index is 12.7. The van der Waals surface area contributed by atoms with Crippen molar-refractivity contribution >= 4 is 21.9 Å². The molecular formula is C15H10BrF3O2. The summed E-state index contributed by atoms with van der Waals surface area (Å²) in [6.45, 7) is 0.00748. The van der Waals surface area contributed by atoms with Gasteiger partial charge in [-0.2, -0.15) is 13.2 Å². The molecule has 0 heterocycles. The van der Waals surface area contributed by atoms with Crippen molar-refractivity contribution in [2.75, 3.05) is 0 Å². The van der Waals surface area contributed by atoms with Crippen LogP contribution in [0.5, 0.6) is 0 Å². The summed E-state index contributed by atoms with van der Waals surface area (Å²) in [5, 5.41) is 0. The van der Waals surface area contributed by atoms with Crippen LogP contribution in [0.4, 0.5) is 13.2 Å². The van der Waals surface area contributed by atoms with Crippen molar-refractivity contribution in [2.45, 2.75) is 12.8 Å². The lowest BCUT2D eigenvalue weighted by molar-refractivity contribution is -0.137. The lowest BCUT2D eigenvalue weighted by Gasteiger charge is -2.10. The first-order chi connectivity index (χ1) is 9.86. The molecule has 0 aliphatic heterocycles. The maximum atomic E-state index is 12.7. The van der Waals surface area contributed by atoms with Crippen molar-refractivity contribution in [3.8, 4) is 0 Å². The number of ether oxygens (including phenoxy) is 1. The van der Waals surface area contributed by atoms with Crippen LogP contribution in [0, 0.1) is 0 Å². The first kappa shape index (κ1) is 15.6. The Balaban J connectivity index is 2.14. The molecule has 0 aliphatic carbocycles. The molecule has 0 saturated carbocycles. The minimum absolute atomic E-state index is 0.00748. The van der Waals surface area contributed by atoms with E-state index in [0.717, 1.165) is 17.7 Å². The fraction of sp³-hybridized carbons (Fsp3) is 0.133. The van der Waals surface area contributed by atoms with Gasteiger partial charge in [-0.15, -0.1) is 0 Å². The minimum atomic E-state index is -4.52. The van der Waals surface area contributed by atoms with Crippen molar-refractivity contribution in [3.05, 3.63) is 69.7 Å². The Morgan fingerprint density at radius 1 is 1.10 bits per heavy atom. The van der Waals surface area contributed by atoms with E-state index >= 15 is 0 Å². The fourth-order valence-electron chi connectivity index (χ4n) is 1.68. The van der Waals surface area contributed by atoms with Gasteiger partial charge in [0.15, 0.2) is 0 Å². The highest BCUT2D eigenvalue weighted by Crippen LogP contribution is 2.32. The van der Waals surface area contributed by atoms with Crippen LogP contribution in [0.25, 0.3) is 0 Å². The molecule has 6 heteroatoms. The number of alkyl halides is 3. The van der Waals surface area contributed by atoms with Gasteiger partial charge < -0.3 is 4.74 Å². The highest BCUT2D eigenvalue weighted by Gasteiger charge is 2.31. The zero-order chi connectivity index (χ0) is 15.5. The van der Waals surface area contributed by atoms with Gasteiger partial charge in [0, 0.05) is 4.47 Å². The van der Waals surface area contributed by atoms with Crippen molar-refractivity contribution in [2.24, 2.45) is 0 Å². The van der Waals surface area contributed by atoms with Crippen molar-refractivity contribution in [3.63, 3.8) is 0 Å². The summed E-state index contributed by atoms with van der Waals surface area (Å²) in [6, 6.07) is 11.9. The Morgan fingerprint density at radius 2 is 1.76 bits per heavy atom. The second-order valence-electron chi connectivity index (χ2n) is 4.29. The average molecular weight is 359 g/mol. The maximum Gasteiger partial charge on any atom is 0.416 e. The van der Waals surface area contributed by atoms with Gasteiger partial charge in [0.25, 0.3) is 0 Å². The molecule has 0 radical (unpaired) electrons. The molecule has 0 aliphatic rings. The number of carbonyl (C=O) groups excluding carboxylic acids is 1. The van der Waals surface area contributed by atoms with Crippen LogP contribution in [-0.4, -0.2) is 5.97 Å². The van der Waals surface area contributed by atoms with E-state index < -0.39 is 17.7 Å². The zero-order valence-corrected chi connectivity index (χ0v) is 12.2. The molecule has 2 aromatic rings. The molecule has 21 heavy (non-hydrogen) atoms. The lowest BCUT2D eigenvalue weighted by Crippen LogP contribution is -2.10. The minimum Gasteiger partial charge on any atom is -0.457 e. The van der Waals surface area contributed by atoms with Gasteiger partial charge in [0.2, 0.25) is 0 Å². The first-order valence-corrected chi connectivity index (χ1v) is 6.74. The zero-order valence-electron chi connectivity index (χ0n) is 10.7. The van der Waals surface area contributed by atoms with Crippen molar-refractivity contribution in [1.29, 1.82) is 0 Å². The third-order valence-corrected chi connectivity index (χ3v) is 3.13. The number of rotatable bonds is 3. The van der Waals surface area contributed by atoms with E-state index in [1.54, 1.807) is 24.3 Å². The molecule has 0 atom stereocenters. The molecule has 2 aromatic carbocycles. The second kappa shape index (κ2) is 6.30. The fourth-order valence-corrected chi connectivity index (χ4v) is 2.17. The first-order valence-electron chi connectivity index (χ1n) is 5.95. The summed E-state index contributed by atoms with van der Waals surface area (Å²) in [5.74, 6) is -0.800. The van der Waals surface area contributed by atoms with Crippen molar-refractivity contribution in [1.82, 2.24) is 0 Å². The van der Waals surface area contributed by atoms with E-state index in [0.29, 0.717) is 0 Å². The average Bonchev–Trinajstić information content (AvgIpc) is 2.44. The Bertz CT molecular complexity index is 639. The van der Waals surface area contributed by atoms with Crippen LogP contribution in [-0.2, 0) is 17.5 Å². The van der Waals surface area contributed by atoms with Crippen LogP contribution < -0.4 is 0 Å². The number of halogens is 4. The molecule has 0 bridgehead atoms. The second-order valence-corrected chi connectivity index (χ2v) is 5.20. The van der Waals surface area contributed by atoms with Crippen molar-refractivity contribution < 1.29 is 22.7 Å². The van der Waals surface area contributed by atoms with E-state index in [-0.39, 0.29) is 16.6 Å². The molecule has 0 N–H and O–H groups in total. The van der Waals surface area contributed by atoms with Gasteiger partial charge in [0.1, 0.15) is 6.61 Å². The molecule has 0 fully saturated rings. The van der Waals surface area contributed by atoms with Crippen LogP contribution in [0.2, 0.25) is 0 Å².